The van der Waals surface area contributed by atoms with Crippen LogP contribution in [0.2, 0.25) is 0 Å². The van der Waals surface area contributed by atoms with Gasteiger partial charge in [0.1, 0.15) is 6.61 Å². The molecule has 12 heteroatoms. The smallest absolute Gasteiger partial charge is 0.264 e. The van der Waals surface area contributed by atoms with Crippen molar-refractivity contribution in [2.75, 3.05) is 36.9 Å². The van der Waals surface area contributed by atoms with Gasteiger partial charge in [0.25, 0.3) is 15.9 Å². The van der Waals surface area contributed by atoms with Gasteiger partial charge in [0.2, 0.25) is 11.8 Å². The fraction of sp³-hybridized carbons (Fsp3) is 0.371. The van der Waals surface area contributed by atoms with Crippen molar-refractivity contribution in [3.63, 3.8) is 0 Å². The second kappa shape index (κ2) is 14.1. The first-order valence-corrected chi connectivity index (χ1v) is 17.0. The molecule has 0 spiro atoms. The summed E-state index contributed by atoms with van der Waals surface area (Å²) < 4.78 is 41.5. The van der Waals surface area contributed by atoms with E-state index in [-0.39, 0.29) is 46.8 Å². The third-order valence-electron chi connectivity index (χ3n) is 7.86. The van der Waals surface area contributed by atoms with Crippen LogP contribution in [0.4, 0.5) is 11.6 Å². The van der Waals surface area contributed by atoms with Gasteiger partial charge in [0.15, 0.2) is 0 Å². The van der Waals surface area contributed by atoms with E-state index >= 15 is 0 Å². The lowest BCUT2D eigenvalue weighted by Crippen LogP contribution is -2.45. The highest BCUT2D eigenvalue weighted by atomic mass is 32.2. The zero-order valence-corrected chi connectivity index (χ0v) is 28.5. The van der Waals surface area contributed by atoms with Crippen LogP contribution in [-0.2, 0) is 21.3 Å². The Morgan fingerprint density at radius 1 is 1.04 bits per heavy atom. The van der Waals surface area contributed by atoms with Crippen molar-refractivity contribution in [2.24, 2.45) is 5.41 Å². The number of sulfonamides is 1. The first-order valence-electron chi connectivity index (χ1n) is 15.5. The van der Waals surface area contributed by atoms with Crippen LogP contribution in [0, 0.1) is 19.3 Å². The van der Waals surface area contributed by atoms with Gasteiger partial charge in [0, 0.05) is 37.0 Å². The standard InChI is InChI=1S/C35H42N6O5S/c1-23-10-7-11-24(2)32(23)29-19-31-39-34(38-29)40-47(43,44)27-13-8-12-25(18-27)33(42)41(26(22-46-31)20-35(3,4)5)21-30-28(14-9-15-36-30)37-16-17-45-6/h7-15,18-19,26,37H,16-17,20-22H2,1-6H3,(H,38,39,40)/t26-/m1/s1. The van der Waals surface area contributed by atoms with Gasteiger partial charge in [0.05, 0.1) is 41.2 Å². The van der Waals surface area contributed by atoms with Gasteiger partial charge in [-0.1, -0.05) is 45.0 Å². The molecule has 2 aromatic heterocycles. The Morgan fingerprint density at radius 3 is 2.51 bits per heavy atom. The minimum Gasteiger partial charge on any atom is -0.475 e. The Kier molecular flexibility index (Phi) is 10.1. The zero-order chi connectivity index (χ0) is 33.8. The molecule has 1 atom stereocenters. The molecule has 11 nitrogen and oxygen atoms in total. The van der Waals surface area contributed by atoms with Crippen LogP contribution in [0.15, 0.2) is 71.8 Å². The Hall–Kier alpha value is -4.55. The van der Waals surface area contributed by atoms with Gasteiger partial charge in [-0.3, -0.25) is 9.78 Å². The van der Waals surface area contributed by atoms with Crippen LogP contribution < -0.4 is 14.8 Å². The van der Waals surface area contributed by atoms with E-state index in [4.69, 9.17) is 9.47 Å². The predicted molar refractivity (Wildman–Crippen MR) is 182 cm³/mol. The molecule has 0 radical (unpaired) electrons. The van der Waals surface area contributed by atoms with E-state index in [2.05, 4.69) is 45.8 Å². The molecule has 5 rings (SSSR count). The zero-order valence-electron chi connectivity index (χ0n) is 27.7. The lowest BCUT2D eigenvalue weighted by molar-refractivity contribution is 0.0510. The van der Waals surface area contributed by atoms with Gasteiger partial charge in [-0.2, -0.15) is 4.98 Å². The third-order valence-corrected chi connectivity index (χ3v) is 9.19. The summed E-state index contributed by atoms with van der Waals surface area (Å²) >= 11 is 0. The molecule has 2 N–H and O–H groups in total. The molecule has 1 aliphatic heterocycles. The number of pyridine rings is 1. The van der Waals surface area contributed by atoms with E-state index in [1.807, 2.05) is 44.2 Å². The first kappa shape index (κ1) is 33.8. The van der Waals surface area contributed by atoms with Crippen LogP contribution in [0.5, 0.6) is 5.88 Å². The SMILES string of the molecule is COCCNc1cccnc1CN1C(=O)c2cccc(c2)S(=O)(=O)Nc2nc(cc(-c3c(C)cccc3C)n2)OC[C@H]1CC(C)(C)C. The average molecular weight is 659 g/mol. The van der Waals surface area contributed by atoms with Crippen molar-refractivity contribution < 1.29 is 22.7 Å². The molecule has 0 saturated heterocycles. The molecule has 0 aliphatic carbocycles. The molecule has 4 bridgehead atoms. The highest BCUT2D eigenvalue weighted by Gasteiger charge is 2.32. The van der Waals surface area contributed by atoms with Crippen molar-refractivity contribution in [3.8, 4) is 17.1 Å². The predicted octanol–water partition coefficient (Wildman–Crippen LogP) is 5.85. The van der Waals surface area contributed by atoms with Gasteiger partial charge in [-0.05, 0) is 67.1 Å². The minimum atomic E-state index is -4.18. The maximum atomic E-state index is 14.5. The summed E-state index contributed by atoms with van der Waals surface area (Å²) in [7, 11) is -2.54. The van der Waals surface area contributed by atoms with E-state index in [1.165, 1.54) is 12.1 Å². The van der Waals surface area contributed by atoms with E-state index < -0.39 is 16.1 Å². The number of carbonyl (C=O) groups is 1. The Bertz CT molecular complexity index is 1840. The lowest BCUT2D eigenvalue weighted by Gasteiger charge is -2.36. The van der Waals surface area contributed by atoms with Crippen molar-refractivity contribution >= 4 is 27.6 Å². The number of fused-ring (bicyclic) bond motifs is 4. The first-order chi connectivity index (χ1) is 22.3. The fourth-order valence-electron chi connectivity index (χ4n) is 5.72. The quantitative estimate of drug-likeness (QED) is 0.223. The number of amides is 1. The topological polar surface area (TPSA) is 136 Å². The molecule has 3 heterocycles. The Morgan fingerprint density at radius 2 is 1.79 bits per heavy atom. The van der Waals surface area contributed by atoms with Gasteiger partial charge >= 0.3 is 0 Å². The molecular weight excluding hydrogens is 616 g/mol. The minimum absolute atomic E-state index is 0.0850. The number of aryl methyl sites for hydroxylation is 2. The molecule has 47 heavy (non-hydrogen) atoms. The highest BCUT2D eigenvalue weighted by molar-refractivity contribution is 7.92. The summed E-state index contributed by atoms with van der Waals surface area (Å²) in [6.45, 7) is 11.6. The monoisotopic (exact) mass is 658 g/mol. The van der Waals surface area contributed by atoms with Crippen LogP contribution in [-0.4, -0.2) is 67.1 Å². The molecular formula is C35H42N6O5S. The van der Waals surface area contributed by atoms with Crippen molar-refractivity contribution in [2.45, 2.75) is 58.5 Å². The molecule has 4 aromatic rings. The summed E-state index contributed by atoms with van der Waals surface area (Å²) in [5.74, 6) is -0.283. The highest BCUT2D eigenvalue weighted by Crippen LogP contribution is 2.32. The number of nitrogens with one attached hydrogen (secondary N) is 2. The third kappa shape index (κ3) is 8.25. The van der Waals surface area contributed by atoms with Gasteiger partial charge in [-0.25, -0.2) is 18.1 Å². The lowest BCUT2D eigenvalue weighted by atomic mass is 9.87. The number of rotatable bonds is 8. The second-order valence-corrected chi connectivity index (χ2v) is 14.6. The maximum Gasteiger partial charge on any atom is 0.264 e. The summed E-state index contributed by atoms with van der Waals surface area (Å²) in [4.78, 5) is 29.8. The normalized spacial score (nSPS) is 16.3. The number of nitrogens with zero attached hydrogens (tertiary/aromatic N) is 4. The Balaban J connectivity index is 1.66. The number of hydrogen-bond donors (Lipinski definition) is 2. The molecule has 1 amide bonds. The summed E-state index contributed by atoms with van der Waals surface area (Å²) in [5.41, 5.74) is 4.79. The second-order valence-electron chi connectivity index (χ2n) is 12.9. The Labute approximate surface area is 276 Å². The molecule has 0 fully saturated rings. The number of hydrogen-bond acceptors (Lipinski definition) is 9. The number of anilines is 2. The van der Waals surface area contributed by atoms with E-state index in [0.717, 1.165) is 22.4 Å². The van der Waals surface area contributed by atoms with E-state index in [1.54, 1.807) is 36.4 Å². The van der Waals surface area contributed by atoms with Crippen molar-refractivity contribution in [1.29, 1.82) is 0 Å². The van der Waals surface area contributed by atoms with Crippen LogP contribution in [0.3, 0.4) is 0 Å². The van der Waals surface area contributed by atoms with E-state index in [9.17, 15) is 13.2 Å². The largest absolute Gasteiger partial charge is 0.475 e. The molecule has 0 saturated carbocycles. The van der Waals surface area contributed by atoms with Crippen LogP contribution in [0.1, 0.15) is 54.4 Å². The number of methoxy groups -OCH3 is 1. The molecule has 0 unspecified atom stereocenters. The number of ether oxygens (including phenoxy) is 2. The van der Waals surface area contributed by atoms with Gasteiger partial charge < -0.3 is 19.7 Å². The number of benzene rings is 2. The molecule has 2 aromatic carbocycles. The summed E-state index contributed by atoms with van der Waals surface area (Å²) in [6, 6.07) is 16.9. The molecule has 248 valence electrons. The maximum absolute atomic E-state index is 14.5. The number of carbonyl (C=O) groups excluding carboxylic acids is 1. The van der Waals surface area contributed by atoms with Gasteiger partial charge in [-0.15, -0.1) is 0 Å². The molecule has 1 aliphatic rings. The van der Waals surface area contributed by atoms with Crippen LogP contribution >= 0.6 is 0 Å². The fourth-order valence-corrected chi connectivity index (χ4v) is 6.71. The van der Waals surface area contributed by atoms with Crippen LogP contribution in [0.25, 0.3) is 11.3 Å². The summed E-state index contributed by atoms with van der Waals surface area (Å²) in [5, 5.41) is 3.35. The van der Waals surface area contributed by atoms with Crippen molar-refractivity contribution in [3.05, 3.63) is 89.2 Å². The average Bonchev–Trinajstić information content (AvgIpc) is 3.01. The van der Waals surface area contributed by atoms with E-state index in [0.29, 0.717) is 31.0 Å². The van der Waals surface area contributed by atoms with Crippen molar-refractivity contribution in [1.82, 2.24) is 19.9 Å². The summed E-state index contributed by atoms with van der Waals surface area (Å²) in [6.07, 6.45) is 2.27. The number of aromatic nitrogens is 3.